The highest BCUT2D eigenvalue weighted by Crippen LogP contribution is 2.37. The molecule has 0 saturated heterocycles. The Morgan fingerprint density at radius 1 is 1.24 bits per heavy atom. The lowest BCUT2D eigenvalue weighted by Gasteiger charge is -2.26. The second kappa shape index (κ2) is 6.34. The van der Waals surface area contributed by atoms with E-state index in [1.807, 2.05) is 0 Å². The number of anilines is 1. The maximum atomic E-state index is 4.59. The molecule has 1 aliphatic rings. The lowest BCUT2D eigenvalue weighted by molar-refractivity contribution is 0.303. The molecule has 0 atom stereocenters. The van der Waals surface area contributed by atoms with Gasteiger partial charge < -0.3 is 5.32 Å². The monoisotopic (exact) mass is 253 g/mol. The standard InChI is InChI=1S/C13H23N3S/c1-3-5-10-6-8-11(9-7-10)12-15-13(14-4-2)17-16-12/h10-11H,3-9H2,1-2H3,(H,14,15,16). The van der Waals surface area contributed by atoms with Gasteiger partial charge in [-0.2, -0.15) is 4.37 Å². The van der Waals surface area contributed by atoms with Crippen LogP contribution in [0.2, 0.25) is 0 Å². The molecule has 0 spiro atoms. The van der Waals surface area contributed by atoms with Crippen molar-refractivity contribution in [3.05, 3.63) is 5.82 Å². The van der Waals surface area contributed by atoms with Crippen LogP contribution in [0.4, 0.5) is 5.13 Å². The van der Waals surface area contributed by atoms with Crippen molar-refractivity contribution in [1.82, 2.24) is 9.36 Å². The first-order valence-electron chi connectivity index (χ1n) is 6.91. The summed E-state index contributed by atoms with van der Waals surface area (Å²) in [6.45, 7) is 5.31. The number of aromatic nitrogens is 2. The highest BCUT2D eigenvalue weighted by atomic mass is 32.1. The van der Waals surface area contributed by atoms with Crippen LogP contribution in [-0.4, -0.2) is 15.9 Å². The molecule has 0 aliphatic heterocycles. The summed E-state index contributed by atoms with van der Waals surface area (Å²) in [5.41, 5.74) is 0. The number of nitrogens with one attached hydrogen (secondary N) is 1. The van der Waals surface area contributed by atoms with Crippen molar-refractivity contribution >= 4 is 16.7 Å². The van der Waals surface area contributed by atoms with Crippen molar-refractivity contribution in [1.29, 1.82) is 0 Å². The molecule has 1 fully saturated rings. The summed E-state index contributed by atoms with van der Waals surface area (Å²) in [4.78, 5) is 4.59. The molecule has 2 rings (SSSR count). The zero-order valence-electron chi connectivity index (χ0n) is 10.9. The normalized spacial score (nSPS) is 24.8. The molecule has 0 unspecified atom stereocenters. The van der Waals surface area contributed by atoms with E-state index in [-0.39, 0.29) is 0 Å². The fourth-order valence-corrected chi connectivity index (χ4v) is 3.45. The van der Waals surface area contributed by atoms with Gasteiger partial charge in [0.2, 0.25) is 5.13 Å². The van der Waals surface area contributed by atoms with Crippen molar-refractivity contribution in [2.24, 2.45) is 5.92 Å². The van der Waals surface area contributed by atoms with Gasteiger partial charge in [0.05, 0.1) is 0 Å². The van der Waals surface area contributed by atoms with Gasteiger partial charge >= 0.3 is 0 Å². The first-order chi connectivity index (χ1) is 8.33. The van der Waals surface area contributed by atoms with Crippen LogP contribution < -0.4 is 5.32 Å². The second-order valence-corrected chi connectivity index (χ2v) is 5.75. The molecule has 0 radical (unpaired) electrons. The summed E-state index contributed by atoms with van der Waals surface area (Å²) in [5.74, 6) is 2.66. The van der Waals surface area contributed by atoms with Crippen molar-refractivity contribution in [2.75, 3.05) is 11.9 Å². The van der Waals surface area contributed by atoms with Gasteiger partial charge in [-0.25, -0.2) is 4.98 Å². The molecule has 3 nitrogen and oxygen atoms in total. The summed E-state index contributed by atoms with van der Waals surface area (Å²) in [5, 5.41) is 4.23. The maximum absolute atomic E-state index is 4.59. The summed E-state index contributed by atoms with van der Waals surface area (Å²) in [6.07, 6.45) is 8.04. The molecule has 0 aromatic carbocycles. The Balaban J connectivity index is 1.86. The zero-order valence-corrected chi connectivity index (χ0v) is 11.7. The summed E-state index contributed by atoms with van der Waals surface area (Å²) in [7, 11) is 0. The van der Waals surface area contributed by atoms with Gasteiger partial charge in [-0.1, -0.05) is 19.8 Å². The van der Waals surface area contributed by atoms with E-state index in [1.54, 1.807) is 0 Å². The number of rotatable bonds is 5. The molecule has 4 heteroatoms. The van der Waals surface area contributed by atoms with Crippen molar-refractivity contribution in [3.8, 4) is 0 Å². The Morgan fingerprint density at radius 3 is 2.65 bits per heavy atom. The smallest absolute Gasteiger partial charge is 0.202 e. The van der Waals surface area contributed by atoms with E-state index in [2.05, 4.69) is 28.5 Å². The predicted molar refractivity (Wildman–Crippen MR) is 73.7 cm³/mol. The summed E-state index contributed by atoms with van der Waals surface area (Å²) < 4.78 is 4.50. The first kappa shape index (κ1) is 12.8. The average Bonchev–Trinajstić information content (AvgIpc) is 2.80. The molecule has 1 aliphatic carbocycles. The topological polar surface area (TPSA) is 37.8 Å². The first-order valence-corrected chi connectivity index (χ1v) is 7.68. The van der Waals surface area contributed by atoms with Gasteiger partial charge in [-0.05, 0) is 38.5 Å². The maximum Gasteiger partial charge on any atom is 0.202 e. The highest BCUT2D eigenvalue weighted by molar-refractivity contribution is 7.09. The van der Waals surface area contributed by atoms with E-state index in [9.17, 15) is 0 Å². The minimum atomic E-state index is 0.617. The second-order valence-electron chi connectivity index (χ2n) is 4.99. The largest absolute Gasteiger partial charge is 0.361 e. The van der Waals surface area contributed by atoms with Crippen molar-refractivity contribution in [3.63, 3.8) is 0 Å². The van der Waals surface area contributed by atoms with E-state index in [4.69, 9.17) is 0 Å². The van der Waals surface area contributed by atoms with Crippen LogP contribution in [0.1, 0.15) is 64.1 Å². The lowest BCUT2D eigenvalue weighted by Crippen LogP contribution is -2.14. The van der Waals surface area contributed by atoms with E-state index in [1.165, 1.54) is 50.1 Å². The molecule has 0 bridgehead atoms. The SMILES string of the molecule is CCCC1CCC(c2nsc(NCC)n2)CC1. The molecule has 1 N–H and O–H groups in total. The third-order valence-corrected chi connectivity index (χ3v) is 4.37. The fourth-order valence-electron chi connectivity index (χ4n) is 2.74. The van der Waals surface area contributed by atoms with Gasteiger partial charge in [0.25, 0.3) is 0 Å². The molecule has 17 heavy (non-hydrogen) atoms. The number of nitrogens with zero attached hydrogens (tertiary/aromatic N) is 2. The molecule has 1 aromatic rings. The molecule has 96 valence electrons. The molecular formula is C13H23N3S. The van der Waals surface area contributed by atoms with Crippen LogP contribution in [0.15, 0.2) is 0 Å². The van der Waals surface area contributed by atoms with E-state index in [0.29, 0.717) is 5.92 Å². The average molecular weight is 253 g/mol. The molecule has 0 amide bonds. The fraction of sp³-hybridized carbons (Fsp3) is 0.846. The van der Waals surface area contributed by atoms with Gasteiger partial charge in [0.1, 0.15) is 5.82 Å². The minimum Gasteiger partial charge on any atom is -0.361 e. The third-order valence-electron chi connectivity index (χ3n) is 3.68. The van der Waals surface area contributed by atoms with Crippen molar-refractivity contribution < 1.29 is 0 Å². The number of hydrogen-bond acceptors (Lipinski definition) is 4. The van der Waals surface area contributed by atoms with Crippen LogP contribution in [0, 0.1) is 5.92 Å². The van der Waals surface area contributed by atoms with Crippen molar-refractivity contribution in [2.45, 2.75) is 58.3 Å². The Morgan fingerprint density at radius 2 is 2.00 bits per heavy atom. The Bertz CT molecular complexity index is 329. The van der Waals surface area contributed by atoms with E-state index >= 15 is 0 Å². The van der Waals surface area contributed by atoms with Crippen LogP contribution in [0.3, 0.4) is 0 Å². The van der Waals surface area contributed by atoms with Gasteiger partial charge in [0.15, 0.2) is 0 Å². The van der Waals surface area contributed by atoms with Crippen LogP contribution in [0.5, 0.6) is 0 Å². The van der Waals surface area contributed by atoms with Crippen LogP contribution >= 0.6 is 11.5 Å². The minimum absolute atomic E-state index is 0.617. The number of hydrogen-bond donors (Lipinski definition) is 1. The Hall–Kier alpha value is -0.640. The van der Waals surface area contributed by atoms with E-state index < -0.39 is 0 Å². The Kier molecular flexibility index (Phi) is 4.77. The molecule has 1 heterocycles. The van der Waals surface area contributed by atoms with E-state index in [0.717, 1.165) is 23.4 Å². The molecular weight excluding hydrogens is 230 g/mol. The highest BCUT2D eigenvalue weighted by Gasteiger charge is 2.24. The summed E-state index contributed by atoms with van der Waals surface area (Å²) >= 11 is 1.51. The predicted octanol–water partition coefficient (Wildman–Crippen LogP) is 4.04. The van der Waals surface area contributed by atoms with Gasteiger partial charge in [-0.3, -0.25) is 0 Å². The lowest BCUT2D eigenvalue weighted by atomic mass is 9.80. The van der Waals surface area contributed by atoms with Crippen LogP contribution in [-0.2, 0) is 0 Å². The summed E-state index contributed by atoms with van der Waals surface area (Å²) in [6, 6.07) is 0. The van der Waals surface area contributed by atoms with Gasteiger partial charge in [0, 0.05) is 24.0 Å². The van der Waals surface area contributed by atoms with Gasteiger partial charge in [-0.15, -0.1) is 0 Å². The zero-order chi connectivity index (χ0) is 12.1. The quantitative estimate of drug-likeness (QED) is 0.860. The molecule has 1 saturated carbocycles. The van der Waals surface area contributed by atoms with Crippen LogP contribution in [0.25, 0.3) is 0 Å². The third kappa shape index (κ3) is 3.41. The Labute approximate surface area is 108 Å². The molecule has 1 aromatic heterocycles.